The molecule has 10 heavy (non-hydrogen) atoms. The summed E-state index contributed by atoms with van der Waals surface area (Å²) in [4.78, 5) is 13.0. The molecule has 0 N–H and O–H groups in total. The first kappa shape index (κ1) is 9.08. The van der Waals surface area contributed by atoms with Crippen LogP contribution in [0.25, 0.3) is 0 Å². The normalized spacial score (nSPS) is 7.00. The molecule has 0 aliphatic rings. The van der Waals surface area contributed by atoms with Crippen LogP contribution in [0.2, 0.25) is 0 Å². The highest BCUT2D eigenvalue weighted by molar-refractivity contribution is 7.13. The summed E-state index contributed by atoms with van der Waals surface area (Å²) < 4.78 is 0. The van der Waals surface area contributed by atoms with Crippen molar-refractivity contribution in [3.8, 4) is 0 Å². The van der Waals surface area contributed by atoms with Gasteiger partial charge in [-0.1, -0.05) is 13.8 Å². The zero-order valence-corrected chi connectivity index (χ0v) is 6.81. The highest BCUT2D eigenvalue weighted by Crippen LogP contribution is 2.17. The lowest BCUT2D eigenvalue weighted by molar-refractivity contribution is 0.565. The summed E-state index contributed by atoms with van der Waals surface area (Å²) in [6.07, 6.45) is 1.46. The average molecular weight is 155 g/mol. The van der Waals surface area contributed by atoms with Gasteiger partial charge in [0.25, 0.3) is 0 Å². The Morgan fingerprint density at radius 1 is 1.60 bits per heavy atom. The van der Waals surface area contributed by atoms with Crippen molar-refractivity contribution < 1.29 is 4.79 Å². The fourth-order valence-electron chi connectivity index (χ4n) is 0.378. The van der Waals surface area contributed by atoms with E-state index >= 15 is 0 Å². The Kier molecular flexibility index (Phi) is 5.63. The summed E-state index contributed by atoms with van der Waals surface area (Å²) in [5.41, 5.74) is 0. The molecule has 0 aliphatic carbocycles. The van der Waals surface area contributed by atoms with E-state index < -0.39 is 0 Å². The summed E-state index contributed by atoms with van der Waals surface area (Å²) in [5.74, 6) is 0. The van der Waals surface area contributed by atoms with E-state index in [1.54, 1.807) is 6.07 Å². The van der Waals surface area contributed by atoms with E-state index in [1.165, 1.54) is 17.4 Å². The predicted octanol–water partition coefficient (Wildman–Crippen LogP) is 2.74. The third-order valence-electron chi connectivity index (χ3n) is 0.662. The maximum atomic E-state index is 9.59. The summed E-state index contributed by atoms with van der Waals surface area (Å²) in [5, 5.41) is 2.57. The number of thiophene rings is 1. The molecule has 0 bridgehead atoms. The van der Waals surface area contributed by atoms with E-state index in [4.69, 9.17) is 0 Å². The van der Waals surface area contributed by atoms with Crippen molar-refractivity contribution in [3.05, 3.63) is 17.5 Å². The number of aliphatic imine (C=N–C) groups is 1. The molecule has 1 aromatic rings. The van der Waals surface area contributed by atoms with Crippen molar-refractivity contribution in [3.63, 3.8) is 0 Å². The number of carbonyl (C=O) groups excluding carboxylic acids is 1. The fraction of sp³-hybridized carbons (Fsp3) is 0.286. The molecule has 0 aliphatic heterocycles. The maximum absolute atomic E-state index is 9.59. The van der Waals surface area contributed by atoms with Crippen LogP contribution in [0.5, 0.6) is 0 Å². The Morgan fingerprint density at radius 2 is 2.30 bits per heavy atom. The zero-order valence-electron chi connectivity index (χ0n) is 6.00. The molecular formula is C7H9NOS. The molecule has 0 saturated carbocycles. The molecule has 0 unspecified atom stereocenters. The minimum atomic E-state index is 0.708. The maximum Gasteiger partial charge on any atom is 0.241 e. The molecule has 3 heteroatoms. The van der Waals surface area contributed by atoms with Gasteiger partial charge in [-0.15, -0.1) is 11.3 Å². The molecule has 0 atom stereocenters. The molecule has 54 valence electrons. The number of isocyanates is 1. The van der Waals surface area contributed by atoms with Crippen molar-refractivity contribution >= 4 is 22.4 Å². The number of hydrogen-bond donors (Lipinski definition) is 0. The van der Waals surface area contributed by atoms with Crippen LogP contribution in [-0.2, 0) is 4.79 Å². The fourth-order valence-corrected chi connectivity index (χ4v) is 0.922. The molecular weight excluding hydrogens is 146 g/mol. The molecule has 0 radical (unpaired) electrons. The van der Waals surface area contributed by atoms with E-state index in [0.717, 1.165) is 0 Å². The van der Waals surface area contributed by atoms with Gasteiger partial charge in [-0.2, -0.15) is 4.99 Å². The highest BCUT2D eigenvalue weighted by atomic mass is 32.1. The van der Waals surface area contributed by atoms with Gasteiger partial charge in [0, 0.05) is 0 Å². The van der Waals surface area contributed by atoms with E-state index in [-0.39, 0.29) is 0 Å². The monoisotopic (exact) mass is 155 g/mol. The number of rotatable bonds is 1. The number of hydrogen-bond acceptors (Lipinski definition) is 3. The van der Waals surface area contributed by atoms with E-state index in [1.807, 2.05) is 25.3 Å². The first-order valence-corrected chi connectivity index (χ1v) is 3.93. The Hall–Kier alpha value is -0.920. The van der Waals surface area contributed by atoms with Gasteiger partial charge >= 0.3 is 0 Å². The van der Waals surface area contributed by atoms with Gasteiger partial charge in [0.1, 0.15) is 5.00 Å². The second-order valence-corrected chi connectivity index (χ2v) is 2.08. The van der Waals surface area contributed by atoms with Gasteiger partial charge in [-0.25, -0.2) is 4.79 Å². The second-order valence-electron chi connectivity index (χ2n) is 1.15. The summed E-state index contributed by atoms with van der Waals surface area (Å²) in [7, 11) is 0. The molecule has 0 spiro atoms. The van der Waals surface area contributed by atoms with E-state index in [2.05, 4.69) is 4.99 Å². The summed E-state index contributed by atoms with van der Waals surface area (Å²) in [6.45, 7) is 4.00. The SMILES string of the molecule is CC.O=C=Nc1cccs1. The first-order valence-electron chi connectivity index (χ1n) is 3.05. The van der Waals surface area contributed by atoms with Crippen LogP contribution in [0.4, 0.5) is 5.00 Å². The summed E-state index contributed by atoms with van der Waals surface area (Å²) in [6, 6.07) is 3.59. The van der Waals surface area contributed by atoms with E-state index in [0.29, 0.717) is 5.00 Å². The Labute approximate surface area is 64.2 Å². The molecule has 0 aromatic carbocycles. The quantitative estimate of drug-likeness (QED) is 0.453. The largest absolute Gasteiger partial charge is 0.241 e. The first-order chi connectivity index (χ1) is 4.93. The van der Waals surface area contributed by atoms with Crippen LogP contribution < -0.4 is 0 Å². The lowest BCUT2D eigenvalue weighted by Crippen LogP contribution is -1.44. The smallest absolute Gasteiger partial charge is 0.211 e. The Balaban J connectivity index is 0.000000371. The molecule has 1 heterocycles. The van der Waals surface area contributed by atoms with Crippen LogP contribution in [0, 0.1) is 0 Å². The van der Waals surface area contributed by atoms with Gasteiger partial charge in [-0.05, 0) is 17.5 Å². The topological polar surface area (TPSA) is 29.4 Å². The van der Waals surface area contributed by atoms with Crippen molar-refractivity contribution in [2.75, 3.05) is 0 Å². The van der Waals surface area contributed by atoms with E-state index in [9.17, 15) is 4.79 Å². The second kappa shape index (κ2) is 6.20. The Bertz CT molecular complexity index is 199. The highest BCUT2D eigenvalue weighted by Gasteiger charge is 1.82. The standard InChI is InChI=1S/C5H3NOS.C2H6/c7-4-6-5-2-1-3-8-5;1-2/h1-3H;1-2H3. The predicted molar refractivity (Wildman–Crippen MR) is 43.4 cm³/mol. The lowest BCUT2D eigenvalue weighted by Gasteiger charge is -1.69. The van der Waals surface area contributed by atoms with Crippen molar-refractivity contribution in [2.45, 2.75) is 13.8 Å². The van der Waals surface area contributed by atoms with Gasteiger partial charge in [-0.3, -0.25) is 0 Å². The van der Waals surface area contributed by atoms with Crippen LogP contribution in [0.1, 0.15) is 13.8 Å². The third kappa shape index (κ3) is 3.17. The molecule has 0 saturated heterocycles. The molecule has 0 amide bonds. The van der Waals surface area contributed by atoms with Gasteiger partial charge in [0.05, 0.1) is 0 Å². The van der Waals surface area contributed by atoms with Crippen LogP contribution >= 0.6 is 11.3 Å². The van der Waals surface area contributed by atoms with Gasteiger partial charge < -0.3 is 0 Å². The summed E-state index contributed by atoms with van der Waals surface area (Å²) >= 11 is 1.42. The van der Waals surface area contributed by atoms with Gasteiger partial charge in [0.15, 0.2) is 0 Å². The van der Waals surface area contributed by atoms with Crippen molar-refractivity contribution in [2.24, 2.45) is 4.99 Å². The minimum absolute atomic E-state index is 0.708. The molecule has 0 fully saturated rings. The lowest BCUT2D eigenvalue weighted by atomic mass is 10.6. The molecule has 1 rings (SSSR count). The number of nitrogens with zero attached hydrogens (tertiary/aromatic N) is 1. The Morgan fingerprint density at radius 3 is 2.70 bits per heavy atom. The molecule has 1 aromatic heterocycles. The van der Waals surface area contributed by atoms with Gasteiger partial charge in [0.2, 0.25) is 6.08 Å². The van der Waals surface area contributed by atoms with Crippen LogP contribution in [-0.4, -0.2) is 6.08 Å². The van der Waals surface area contributed by atoms with Crippen molar-refractivity contribution in [1.29, 1.82) is 0 Å². The minimum Gasteiger partial charge on any atom is -0.211 e. The van der Waals surface area contributed by atoms with Crippen LogP contribution in [0.3, 0.4) is 0 Å². The molecule has 2 nitrogen and oxygen atoms in total. The van der Waals surface area contributed by atoms with Crippen LogP contribution in [0.15, 0.2) is 22.5 Å². The van der Waals surface area contributed by atoms with Crippen molar-refractivity contribution in [1.82, 2.24) is 0 Å². The zero-order chi connectivity index (χ0) is 7.82. The average Bonchev–Trinajstić information content (AvgIpc) is 2.46. The third-order valence-corrected chi connectivity index (χ3v) is 1.42.